The van der Waals surface area contributed by atoms with Crippen LogP contribution in [0, 0.1) is 0 Å². The van der Waals surface area contributed by atoms with Crippen LogP contribution in [0.3, 0.4) is 0 Å². The summed E-state index contributed by atoms with van der Waals surface area (Å²) in [5, 5.41) is 3.22. The molecular formula is C18H30IN5O4. The molecule has 1 aliphatic rings. The van der Waals surface area contributed by atoms with Gasteiger partial charge in [-0.25, -0.2) is 14.8 Å². The average molecular weight is 507 g/mol. The highest BCUT2D eigenvalue weighted by Gasteiger charge is 2.23. The number of amides is 1. The standard InChI is InChI=1S/C18H29N5O4.HI/c1-3-26-18(24)23-9-6-15(7-10-23)22-17(19)21-13-14-5-4-8-20-16(14)27-12-11-25-2;/h4-5,8,15H,3,6-7,9-13H2,1-2H3,(H3,19,21,22);1H. The van der Waals surface area contributed by atoms with Gasteiger partial charge in [0.2, 0.25) is 5.88 Å². The van der Waals surface area contributed by atoms with Crippen molar-refractivity contribution in [2.75, 3.05) is 40.0 Å². The molecule has 0 aliphatic carbocycles. The van der Waals surface area contributed by atoms with Gasteiger partial charge < -0.3 is 30.2 Å². The number of guanidine groups is 1. The molecule has 1 aromatic rings. The first-order valence-corrected chi connectivity index (χ1v) is 9.17. The molecule has 1 amide bonds. The summed E-state index contributed by atoms with van der Waals surface area (Å²) in [7, 11) is 1.62. The third-order valence-electron chi connectivity index (χ3n) is 4.17. The van der Waals surface area contributed by atoms with E-state index >= 15 is 0 Å². The minimum atomic E-state index is -0.254. The maximum Gasteiger partial charge on any atom is 0.409 e. The molecule has 0 saturated carbocycles. The molecule has 1 aromatic heterocycles. The van der Waals surface area contributed by atoms with Gasteiger partial charge in [-0.1, -0.05) is 6.07 Å². The second kappa shape index (κ2) is 13.4. The topological polar surface area (TPSA) is 111 Å². The highest BCUT2D eigenvalue weighted by atomic mass is 127. The lowest BCUT2D eigenvalue weighted by Crippen LogP contribution is -2.48. The first kappa shape index (κ1) is 24.2. The first-order valence-electron chi connectivity index (χ1n) is 9.17. The molecule has 2 rings (SSSR count). The van der Waals surface area contributed by atoms with E-state index in [1.165, 1.54) is 0 Å². The van der Waals surface area contributed by atoms with E-state index in [2.05, 4.69) is 15.3 Å². The lowest BCUT2D eigenvalue weighted by Gasteiger charge is -2.31. The second-order valence-electron chi connectivity index (χ2n) is 6.11. The van der Waals surface area contributed by atoms with Crippen LogP contribution in [0.25, 0.3) is 0 Å². The molecule has 2 heterocycles. The van der Waals surface area contributed by atoms with Gasteiger partial charge in [-0.05, 0) is 25.8 Å². The molecule has 1 saturated heterocycles. The van der Waals surface area contributed by atoms with Gasteiger partial charge in [0.15, 0.2) is 5.96 Å². The van der Waals surface area contributed by atoms with Gasteiger partial charge in [-0.3, -0.25) is 0 Å². The van der Waals surface area contributed by atoms with Crippen LogP contribution < -0.4 is 15.8 Å². The molecule has 0 spiro atoms. The number of nitrogens with two attached hydrogens (primary N) is 1. The zero-order valence-corrected chi connectivity index (χ0v) is 18.8. The Kier molecular flexibility index (Phi) is 11.6. The molecule has 28 heavy (non-hydrogen) atoms. The zero-order valence-electron chi connectivity index (χ0n) is 16.4. The Balaban J connectivity index is 0.00000392. The Hall–Kier alpha value is -1.82. The molecule has 158 valence electrons. The maximum absolute atomic E-state index is 11.7. The number of nitrogens with zero attached hydrogens (tertiary/aromatic N) is 3. The third-order valence-corrected chi connectivity index (χ3v) is 4.17. The van der Waals surface area contributed by atoms with Gasteiger partial charge in [-0.2, -0.15) is 0 Å². The van der Waals surface area contributed by atoms with Crippen LogP contribution >= 0.6 is 24.0 Å². The Labute approximate surface area is 183 Å². The molecule has 3 N–H and O–H groups in total. The van der Waals surface area contributed by atoms with Crippen molar-refractivity contribution in [3.8, 4) is 5.88 Å². The summed E-state index contributed by atoms with van der Waals surface area (Å²) in [4.78, 5) is 22.1. The van der Waals surface area contributed by atoms with Crippen molar-refractivity contribution in [1.29, 1.82) is 0 Å². The van der Waals surface area contributed by atoms with Gasteiger partial charge in [0.05, 0.1) is 19.8 Å². The monoisotopic (exact) mass is 507 g/mol. The SMILES string of the molecule is CCOC(=O)N1CCC(NC(N)=NCc2cccnc2OCCOC)CC1.I. The second-order valence-corrected chi connectivity index (χ2v) is 6.11. The number of carbonyl (C=O) groups excluding carboxylic acids is 1. The molecule has 0 radical (unpaired) electrons. The van der Waals surface area contributed by atoms with Gasteiger partial charge in [0.25, 0.3) is 0 Å². The Morgan fingerprint density at radius 2 is 2.14 bits per heavy atom. The maximum atomic E-state index is 11.7. The summed E-state index contributed by atoms with van der Waals surface area (Å²) in [6.07, 6.45) is 3.02. The van der Waals surface area contributed by atoms with E-state index in [0.29, 0.717) is 51.3 Å². The number of piperidine rings is 1. The molecule has 0 aromatic carbocycles. The van der Waals surface area contributed by atoms with Gasteiger partial charge in [0.1, 0.15) is 6.61 Å². The third kappa shape index (κ3) is 8.05. The molecular weight excluding hydrogens is 477 g/mol. The number of carbonyl (C=O) groups is 1. The highest BCUT2D eigenvalue weighted by molar-refractivity contribution is 14.0. The van der Waals surface area contributed by atoms with E-state index in [1.807, 2.05) is 12.1 Å². The Morgan fingerprint density at radius 3 is 2.82 bits per heavy atom. The largest absolute Gasteiger partial charge is 0.475 e. The van der Waals surface area contributed by atoms with E-state index in [1.54, 1.807) is 25.1 Å². The highest BCUT2D eigenvalue weighted by Crippen LogP contribution is 2.15. The molecule has 0 bridgehead atoms. The normalized spacial score (nSPS) is 14.9. The van der Waals surface area contributed by atoms with Crippen LogP contribution in [-0.4, -0.2) is 68.0 Å². The quantitative estimate of drug-likeness (QED) is 0.239. The van der Waals surface area contributed by atoms with Crippen LogP contribution in [0.4, 0.5) is 4.79 Å². The van der Waals surface area contributed by atoms with E-state index in [-0.39, 0.29) is 36.1 Å². The van der Waals surface area contributed by atoms with Crippen molar-refractivity contribution in [1.82, 2.24) is 15.2 Å². The smallest absolute Gasteiger partial charge is 0.409 e. The van der Waals surface area contributed by atoms with Crippen molar-refractivity contribution in [2.45, 2.75) is 32.4 Å². The number of pyridine rings is 1. The van der Waals surface area contributed by atoms with Crippen molar-refractivity contribution in [3.63, 3.8) is 0 Å². The summed E-state index contributed by atoms with van der Waals surface area (Å²) in [6.45, 7) is 4.77. The Bertz CT molecular complexity index is 624. The summed E-state index contributed by atoms with van der Waals surface area (Å²) in [6, 6.07) is 3.93. The first-order chi connectivity index (χ1) is 13.1. The summed E-state index contributed by atoms with van der Waals surface area (Å²) in [5.74, 6) is 0.908. The van der Waals surface area contributed by atoms with E-state index < -0.39 is 0 Å². The number of ether oxygens (including phenoxy) is 3. The lowest BCUT2D eigenvalue weighted by atomic mass is 10.1. The van der Waals surface area contributed by atoms with E-state index in [0.717, 1.165) is 18.4 Å². The number of aliphatic imine (C=N–C) groups is 1. The minimum absolute atomic E-state index is 0. The number of hydrogen-bond acceptors (Lipinski definition) is 6. The van der Waals surface area contributed by atoms with Gasteiger partial charge >= 0.3 is 6.09 Å². The number of aromatic nitrogens is 1. The minimum Gasteiger partial charge on any atom is -0.475 e. The van der Waals surface area contributed by atoms with Crippen molar-refractivity contribution < 1.29 is 19.0 Å². The number of nitrogens with one attached hydrogen (secondary N) is 1. The average Bonchev–Trinajstić information content (AvgIpc) is 2.68. The van der Waals surface area contributed by atoms with E-state index in [4.69, 9.17) is 19.9 Å². The number of methoxy groups -OCH3 is 1. The molecule has 10 heteroatoms. The van der Waals surface area contributed by atoms with Crippen molar-refractivity contribution in [2.24, 2.45) is 10.7 Å². The molecule has 0 atom stereocenters. The predicted molar refractivity (Wildman–Crippen MR) is 117 cm³/mol. The zero-order chi connectivity index (χ0) is 19.5. The number of rotatable bonds is 8. The van der Waals surface area contributed by atoms with Gasteiger partial charge in [-0.15, -0.1) is 24.0 Å². The van der Waals surface area contributed by atoms with Crippen LogP contribution in [0.15, 0.2) is 23.3 Å². The fourth-order valence-corrected chi connectivity index (χ4v) is 2.74. The van der Waals surface area contributed by atoms with Crippen LogP contribution in [0.2, 0.25) is 0 Å². The molecule has 0 unspecified atom stereocenters. The van der Waals surface area contributed by atoms with Crippen LogP contribution in [0.5, 0.6) is 5.88 Å². The summed E-state index contributed by atoms with van der Waals surface area (Å²) < 4.78 is 15.6. The molecule has 1 aliphatic heterocycles. The fourth-order valence-electron chi connectivity index (χ4n) is 2.74. The fraction of sp³-hybridized carbons (Fsp3) is 0.611. The van der Waals surface area contributed by atoms with Crippen molar-refractivity contribution in [3.05, 3.63) is 23.9 Å². The predicted octanol–water partition coefficient (Wildman–Crippen LogP) is 1.75. The number of hydrogen-bond donors (Lipinski definition) is 2. The summed E-state index contributed by atoms with van der Waals surface area (Å²) >= 11 is 0. The Morgan fingerprint density at radius 1 is 1.39 bits per heavy atom. The number of likely N-dealkylation sites (tertiary alicyclic amines) is 1. The number of halogens is 1. The molecule has 9 nitrogen and oxygen atoms in total. The summed E-state index contributed by atoms with van der Waals surface area (Å²) in [5.41, 5.74) is 6.88. The van der Waals surface area contributed by atoms with Gasteiger partial charge in [0, 0.05) is 38.0 Å². The van der Waals surface area contributed by atoms with Crippen LogP contribution in [-0.2, 0) is 16.0 Å². The van der Waals surface area contributed by atoms with Crippen LogP contribution in [0.1, 0.15) is 25.3 Å². The lowest BCUT2D eigenvalue weighted by molar-refractivity contribution is 0.0963. The van der Waals surface area contributed by atoms with Crippen molar-refractivity contribution >= 4 is 36.0 Å². The van der Waals surface area contributed by atoms with E-state index in [9.17, 15) is 4.79 Å². The molecule has 1 fully saturated rings.